The van der Waals surface area contributed by atoms with Gasteiger partial charge in [-0.15, -0.1) is 0 Å². The fourth-order valence-electron chi connectivity index (χ4n) is 1.97. The maximum atomic E-state index is 12.8. The van der Waals surface area contributed by atoms with Crippen molar-refractivity contribution >= 4 is 37.6 Å². The Labute approximate surface area is 117 Å². The lowest BCUT2D eigenvalue weighted by Crippen LogP contribution is -2.48. The molecule has 0 spiro atoms. The summed E-state index contributed by atoms with van der Waals surface area (Å²) in [5.41, 5.74) is 0. The van der Waals surface area contributed by atoms with E-state index in [2.05, 4.69) is 20.1 Å². The van der Waals surface area contributed by atoms with Gasteiger partial charge in [0.2, 0.25) is 3.78 Å². The summed E-state index contributed by atoms with van der Waals surface area (Å²) in [4.78, 5) is 0. The molecule has 1 aliphatic carbocycles. The van der Waals surface area contributed by atoms with Crippen molar-refractivity contribution in [1.82, 2.24) is 0 Å². The molecule has 0 saturated heterocycles. The van der Waals surface area contributed by atoms with E-state index in [-0.39, 0.29) is 11.8 Å². The number of halogens is 5. The highest BCUT2D eigenvalue weighted by Crippen LogP contribution is 2.57. The van der Waals surface area contributed by atoms with Gasteiger partial charge in [-0.2, -0.15) is 21.6 Å². The van der Waals surface area contributed by atoms with E-state index in [9.17, 15) is 21.6 Å². The Morgan fingerprint density at radius 1 is 1.28 bits per heavy atom. The van der Waals surface area contributed by atoms with Crippen molar-refractivity contribution in [2.45, 2.75) is 29.9 Å². The highest BCUT2D eigenvalue weighted by molar-refractivity contribution is 9.10. The second-order valence-electron chi connectivity index (χ2n) is 4.64. The Kier molecular flexibility index (Phi) is 4.39. The van der Waals surface area contributed by atoms with Crippen molar-refractivity contribution < 1.29 is 25.8 Å². The van der Waals surface area contributed by atoms with E-state index in [4.69, 9.17) is 11.6 Å². The van der Waals surface area contributed by atoms with Gasteiger partial charge in [-0.25, -0.2) is 0 Å². The largest absolute Gasteiger partial charge is 0.420 e. The molecule has 0 aromatic carbocycles. The van der Waals surface area contributed by atoms with Crippen LogP contribution in [-0.2, 0) is 14.3 Å². The van der Waals surface area contributed by atoms with Crippen molar-refractivity contribution in [1.29, 1.82) is 0 Å². The molecule has 18 heavy (non-hydrogen) atoms. The number of hydrogen-bond acceptors (Lipinski definition) is 3. The number of hydrogen-bond donors (Lipinski definition) is 0. The molecule has 0 bridgehead atoms. The molecule has 4 unspecified atom stereocenters. The molecule has 1 saturated carbocycles. The van der Waals surface area contributed by atoms with E-state index in [0.29, 0.717) is 6.26 Å². The minimum atomic E-state index is -4.83. The van der Waals surface area contributed by atoms with Crippen LogP contribution in [0.2, 0.25) is 0 Å². The molecule has 4 atom stereocenters. The first kappa shape index (κ1) is 16.5. The molecule has 0 N–H and O–H groups in total. The molecule has 1 aliphatic rings. The number of alkyl halides is 5. The summed E-state index contributed by atoms with van der Waals surface area (Å²) >= 11 is 7.82. The van der Waals surface area contributed by atoms with Gasteiger partial charge in [0, 0.05) is 0 Å². The first-order valence-corrected chi connectivity index (χ1v) is 8.10. The van der Waals surface area contributed by atoms with Crippen LogP contribution in [0, 0.1) is 17.8 Å². The average molecular weight is 374 g/mol. The van der Waals surface area contributed by atoms with Gasteiger partial charge in [0.25, 0.3) is 10.1 Å². The molecular weight excluding hydrogens is 361 g/mol. The van der Waals surface area contributed by atoms with Crippen molar-refractivity contribution in [2.75, 3.05) is 6.26 Å². The molecule has 108 valence electrons. The van der Waals surface area contributed by atoms with Crippen LogP contribution in [-0.4, -0.2) is 30.7 Å². The third-order valence-electron chi connectivity index (χ3n) is 3.27. The molecule has 9 heteroatoms. The van der Waals surface area contributed by atoms with Crippen molar-refractivity contribution in [2.24, 2.45) is 17.8 Å². The molecule has 3 nitrogen and oxygen atoms in total. The van der Waals surface area contributed by atoms with Gasteiger partial charge in [0.15, 0.2) is 0 Å². The molecule has 0 amide bonds. The summed E-state index contributed by atoms with van der Waals surface area (Å²) in [6.07, 6.45) is -5.81. The van der Waals surface area contributed by atoms with Crippen LogP contribution in [0.3, 0.4) is 0 Å². The fourth-order valence-corrected chi connectivity index (χ4v) is 3.38. The Balaban J connectivity index is 3.07. The summed E-state index contributed by atoms with van der Waals surface area (Å²) in [6.45, 7) is 3.45. The predicted octanol–water partition coefficient (Wildman–Crippen LogP) is 3.13. The van der Waals surface area contributed by atoms with Crippen molar-refractivity contribution in [3.05, 3.63) is 0 Å². The summed E-state index contributed by atoms with van der Waals surface area (Å²) in [7, 11) is -4.03. The fraction of sp³-hybridized carbons (Fsp3) is 1.00. The summed E-state index contributed by atoms with van der Waals surface area (Å²) in [5.74, 6) is -0.706. The van der Waals surface area contributed by atoms with Crippen LogP contribution in [0.25, 0.3) is 0 Å². The predicted molar refractivity (Wildman–Crippen MR) is 65.1 cm³/mol. The second kappa shape index (κ2) is 4.79. The second-order valence-corrected chi connectivity index (χ2v) is 8.54. The van der Waals surface area contributed by atoms with Gasteiger partial charge in [0.05, 0.1) is 6.26 Å². The van der Waals surface area contributed by atoms with Gasteiger partial charge >= 0.3 is 6.18 Å². The van der Waals surface area contributed by atoms with E-state index >= 15 is 0 Å². The molecular formula is C9H13BrClF3O3S. The Morgan fingerprint density at radius 3 is 1.89 bits per heavy atom. The van der Waals surface area contributed by atoms with Crippen LogP contribution in [0.5, 0.6) is 0 Å². The van der Waals surface area contributed by atoms with Gasteiger partial charge < -0.3 is 0 Å². The third kappa shape index (κ3) is 3.32. The Bertz CT molecular complexity index is 415. The first-order chi connectivity index (χ1) is 7.79. The first-order valence-electron chi connectivity index (χ1n) is 5.12. The van der Waals surface area contributed by atoms with E-state index in [1.54, 1.807) is 13.8 Å². The normalized spacial score (nSPS) is 33.9. The highest BCUT2D eigenvalue weighted by Gasteiger charge is 2.66. The van der Waals surface area contributed by atoms with E-state index < -0.39 is 32.1 Å². The minimum Gasteiger partial charge on any atom is -0.263 e. The molecule has 0 aromatic heterocycles. The van der Waals surface area contributed by atoms with E-state index in [0.717, 1.165) is 0 Å². The average Bonchev–Trinajstić information content (AvgIpc) is 2.67. The molecule has 0 heterocycles. The topological polar surface area (TPSA) is 43.4 Å². The molecule has 1 rings (SSSR count). The lowest BCUT2D eigenvalue weighted by Gasteiger charge is -2.31. The monoisotopic (exact) mass is 372 g/mol. The maximum absolute atomic E-state index is 12.8. The molecule has 1 fully saturated rings. The molecule has 0 aromatic rings. The van der Waals surface area contributed by atoms with Crippen molar-refractivity contribution in [3.63, 3.8) is 0 Å². The van der Waals surface area contributed by atoms with Gasteiger partial charge in [-0.05, 0) is 17.8 Å². The lowest BCUT2D eigenvalue weighted by molar-refractivity contribution is -0.156. The maximum Gasteiger partial charge on any atom is 0.420 e. The minimum absolute atomic E-state index is 0.0743. The summed E-state index contributed by atoms with van der Waals surface area (Å²) in [5, 5.41) is 0. The smallest absolute Gasteiger partial charge is 0.263 e. The zero-order chi connectivity index (χ0) is 14.5. The van der Waals surface area contributed by atoms with Crippen LogP contribution >= 0.6 is 27.5 Å². The van der Waals surface area contributed by atoms with Gasteiger partial charge in [0.1, 0.15) is 6.10 Å². The van der Waals surface area contributed by atoms with Gasteiger partial charge in [-0.1, -0.05) is 41.4 Å². The zero-order valence-electron chi connectivity index (χ0n) is 9.83. The SMILES string of the molecule is CC1C(C)C1C(OS(C)(=O)=O)C(Cl)(Br)C(F)(F)F. The quantitative estimate of drug-likeness (QED) is 0.562. The Morgan fingerprint density at radius 2 is 1.67 bits per heavy atom. The van der Waals surface area contributed by atoms with Crippen LogP contribution < -0.4 is 0 Å². The van der Waals surface area contributed by atoms with Crippen molar-refractivity contribution in [3.8, 4) is 0 Å². The number of rotatable bonds is 4. The van der Waals surface area contributed by atoms with E-state index in [1.165, 1.54) is 0 Å². The lowest BCUT2D eigenvalue weighted by atomic mass is 10.1. The third-order valence-corrected chi connectivity index (χ3v) is 5.15. The zero-order valence-corrected chi connectivity index (χ0v) is 13.0. The van der Waals surface area contributed by atoms with Crippen LogP contribution in [0.1, 0.15) is 13.8 Å². The molecule has 0 radical (unpaired) electrons. The van der Waals surface area contributed by atoms with Crippen LogP contribution in [0.15, 0.2) is 0 Å². The van der Waals surface area contributed by atoms with E-state index in [1.807, 2.05) is 0 Å². The van der Waals surface area contributed by atoms with Gasteiger partial charge in [-0.3, -0.25) is 4.18 Å². The summed E-state index contributed by atoms with van der Waals surface area (Å²) in [6, 6.07) is 0. The highest BCUT2D eigenvalue weighted by atomic mass is 79.9. The molecule has 0 aliphatic heterocycles. The standard InChI is InChI=1S/C9H13BrClF3O3S/c1-4-5(2)6(4)7(17-18(3,15)16)8(10,11)9(12,13)14/h4-7H,1-3H3. The van der Waals surface area contributed by atoms with Crippen LogP contribution in [0.4, 0.5) is 13.2 Å². The summed E-state index contributed by atoms with van der Waals surface area (Å²) < 4.78 is 62.4. The Hall–Kier alpha value is 0.470.